The zero-order valence-corrected chi connectivity index (χ0v) is 21.7. The summed E-state index contributed by atoms with van der Waals surface area (Å²) in [5.74, 6) is 0.799. The summed E-state index contributed by atoms with van der Waals surface area (Å²) in [7, 11) is 0. The molecule has 35 heavy (non-hydrogen) atoms. The molecule has 0 spiro atoms. The second-order valence-corrected chi connectivity index (χ2v) is 9.72. The van der Waals surface area contributed by atoms with Crippen LogP contribution in [0.2, 0.25) is 10.0 Å². The number of aryl methyl sites for hydroxylation is 1. The number of ether oxygens (including phenoxy) is 1. The average Bonchev–Trinajstić information content (AvgIpc) is 3.29. The summed E-state index contributed by atoms with van der Waals surface area (Å²) in [4.78, 5) is 28.2. The van der Waals surface area contributed by atoms with Gasteiger partial charge in [0.05, 0.1) is 28.1 Å². The van der Waals surface area contributed by atoms with Gasteiger partial charge >= 0.3 is 6.09 Å². The standard InChI is InChI=1S/C24H25Cl2N5O3S/c1-3-34-24(33)30-12-10-29(11-13-30)21(32)15-35-23-28-27-22(17-6-4-16(2)5-7-17)31(23)18-8-9-19(25)20(26)14-18/h4-9,14H,3,10-13,15H2,1-2H3. The number of halogens is 2. The maximum Gasteiger partial charge on any atom is 0.409 e. The van der Waals surface area contributed by atoms with Crippen molar-refractivity contribution < 1.29 is 14.3 Å². The van der Waals surface area contributed by atoms with E-state index in [0.29, 0.717) is 53.8 Å². The third-order valence-corrected chi connectivity index (χ3v) is 7.24. The molecule has 1 aliphatic rings. The molecule has 4 rings (SSSR count). The molecule has 11 heteroatoms. The maximum atomic E-state index is 12.9. The number of benzene rings is 2. The summed E-state index contributed by atoms with van der Waals surface area (Å²) in [5.41, 5.74) is 2.78. The second kappa shape index (κ2) is 11.3. The number of nitrogens with zero attached hydrogens (tertiary/aromatic N) is 5. The van der Waals surface area contributed by atoms with Gasteiger partial charge in [-0.2, -0.15) is 0 Å². The van der Waals surface area contributed by atoms with Crippen LogP contribution in [0.4, 0.5) is 4.79 Å². The number of hydrogen-bond donors (Lipinski definition) is 0. The first-order valence-electron chi connectivity index (χ1n) is 11.2. The molecule has 2 aromatic carbocycles. The van der Waals surface area contributed by atoms with Crippen LogP contribution in [0.15, 0.2) is 47.6 Å². The van der Waals surface area contributed by atoms with E-state index in [0.717, 1.165) is 16.8 Å². The summed E-state index contributed by atoms with van der Waals surface area (Å²) in [6.07, 6.45) is -0.340. The van der Waals surface area contributed by atoms with Gasteiger partial charge in [0.25, 0.3) is 0 Å². The highest BCUT2D eigenvalue weighted by molar-refractivity contribution is 7.99. The Kier molecular flexibility index (Phi) is 8.20. The van der Waals surface area contributed by atoms with Crippen LogP contribution >= 0.6 is 35.0 Å². The Hall–Kier alpha value is -2.75. The smallest absolute Gasteiger partial charge is 0.409 e. The molecule has 0 unspecified atom stereocenters. The highest BCUT2D eigenvalue weighted by atomic mass is 35.5. The number of carbonyl (C=O) groups excluding carboxylic acids is 2. The van der Waals surface area contributed by atoms with Gasteiger partial charge in [0, 0.05) is 31.7 Å². The van der Waals surface area contributed by atoms with Gasteiger partial charge < -0.3 is 14.5 Å². The van der Waals surface area contributed by atoms with E-state index in [4.69, 9.17) is 27.9 Å². The van der Waals surface area contributed by atoms with E-state index in [2.05, 4.69) is 10.2 Å². The van der Waals surface area contributed by atoms with Gasteiger partial charge in [-0.1, -0.05) is 64.8 Å². The predicted octanol–water partition coefficient (Wildman–Crippen LogP) is 4.94. The van der Waals surface area contributed by atoms with Crippen molar-refractivity contribution in [2.24, 2.45) is 0 Å². The van der Waals surface area contributed by atoms with Crippen molar-refractivity contribution in [2.75, 3.05) is 38.5 Å². The predicted molar refractivity (Wildman–Crippen MR) is 137 cm³/mol. The molecule has 0 aliphatic carbocycles. The lowest BCUT2D eigenvalue weighted by atomic mass is 10.1. The molecule has 8 nitrogen and oxygen atoms in total. The van der Waals surface area contributed by atoms with Gasteiger partial charge in [-0.05, 0) is 32.0 Å². The van der Waals surface area contributed by atoms with Crippen LogP contribution < -0.4 is 0 Å². The largest absolute Gasteiger partial charge is 0.450 e. The Morgan fingerprint density at radius 1 is 0.971 bits per heavy atom. The van der Waals surface area contributed by atoms with Crippen molar-refractivity contribution in [3.8, 4) is 17.1 Å². The van der Waals surface area contributed by atoms with E-state index in [-0.39, 0.29) is 17.8 Å². The van der Waals surface area contributed by atoms with E-state index in [9.17, 15) is 9.59 Å². The van der Waals surface area contributed by atoms with Crippen molar-refractivity contribution in [3.63, 3.8) is 0 Å². The number of aromatic nitrogens is 3. The molecule has 0 N–H and O–H groups in total. The number of piperazine rings is 1. The fourth-order valence-corrected chi connectivity index (χ4v) is 4.83. The Bertz CT molecular complexity index is 1210. The monoisotopic (exact) mass is 533 g/mol. The van der Waals surface area contributed by atoms with Crippen molar-refractivity contribution in [1.29, 1.82) is 0 Å². The minimum absolute atomic E-state index is 0.0286. The summed E-state index contributed by atoms with van der Waals surface area (Å²) in [6, 6.07) is 13.3. The highest BCUT2D eigenvalue weighted by Gasteiger charge is 2.26. The molecule has 184 valence electrons. The molecule has 0 radical (unpaired) electrons. The normalized spacial score (nSPS) is 13.7. The molecule has 2 amide bonds. The lowest BCUT2D eigenvalue weighted by Gasteiger charge is -2.34. The second-order valence-electron chi connectivity index (χ2n) is 7.96. The lowest BCUT2D eigenvalue weighted by molar-refractivity contribution is -0.129. The van der Waals surface area contributed by atoms with E-state index in [1.54, 1.807) is 28.9 Å². The highest BCUT2D eigenvalue weighted by Crippen LogP contribution is 2.31. The number of carbonyl (C=O) groups is 2. The molecular formula is C24H25Cl2N5O3S. The van der Waals surface area contributed by atoms with Crippen LogP contribution in [0.3, 0.4) is 0 Å². The SMILES string of the molecule is CCOC(=O)N1CCN(C(=O)CSc2nnc(-c3ccc(C)cc3)n2-c2ccc(Cl)c(Cl)c2)CC1. The van der Waals surface area contributed by atoms with Gasteiger partial charge in [-0.15, -0.1) is 10.2 Å². The van der Waals surface area contributed by atoms with E-state index < -0.39 is 0 Å². The Balaban J connectivity index is 1.52. The minimum Gasteiger partial charge on any atom is -0.450 e. The van der Waals surface area contributed by atoms with Crippen LogP contribution in [0.25, 0.3) is 17.1 Å². The van der Waals surface area contributed by atoms with Crippen molar-refractivity contribution in [1.82, 2.24) is 24.6 Å². The molecule has 2 heterocycles. The van der Waals surface area contributed by atoms with E-state index in [1.807, 2.05) is 41.8 Å². The molecular weight excluding hydrogens is 509 g/mol. The molecule has 1 saturated heterocycles. The van der Waals surface area contributed by atoms with Crippen molar-refractivity contribution >= 4 is 47.0 Å². The Morgan fingerprint density at radius 2 is 1.66 bits per heavy atom. The van der Waals surface area contributed by atoms with Crippen molar-refractivity contribution in [3.05, 3.63) is 58.1 Å². The number of rotatable bonds is 6. The molecule has 1 aliphatic heterocycles. The van der Waals surface area contributed by atoms with Gasteiger partial charge in [0.15, 0.2) is 11.0 Å². The number of hydrogen-bond acceptors (Lipinski definition) is 6. The molecule has 3 aromatic rings. The molecule has 1 fully saturated rings. The average molecular weight is 534 g/mol. The fraction of sp³-hybridized carbons (Fsp3) is 0.333. The summed E-state index contributed by atoms with van der Waals surface area (Å²) >= 11 is 13.7. The molecule has 0 bridgehead atoms. The molecule has 0 atom stereocenters. The fourth-order valence-electron chi connectivity index (χ4n) is 3.68. The molecule has 0 saturated carbocycles. The lowest BCUT2D eigenvalue weighted by Crippen LogP contribution is -2.51. The Labute approximate surface area is 218 Å². The van der Waals surface area contributed by atoms with E-state index >= 15 is 0 Å². The third-order valence-electron chi connectivity index (χ3n) is 5.59. The first-order chi connectivity index (χ1) is 16.9. The topological polar surface area (TPSA) is 80.6 Å². The molecule has 1 aromatic heterocycles. The summed E-state index contributed by atoms with van der Waals surface area (Å²) < 4.78 is 6.92. The van der Waals surface area contributed by atoms with Crippen LogP contribution in [-0.4, -0.2) is 75.1 Å². The van der Waals surface area contributed by atoms with Crippen LogP contribution in [0, 0.1) is 6.92 Å². The van der Waals surface area contributed by atoms with Crippen molar-refractivity contribution in [2.45, 2.75) is 19.0 Å². The van der Waals surface area contributed by atoms with Gasteiger partial charge in [0.2, 0.25) is 5.91 Å². The number of thioether (sulfide) groups is 1. The maximum absolute atomic E-state index is 12.9. The zero-order chi connectivity index (χ0) is 24.9. The van der Waals surface area contributed by atoms with Crippen LogP contribution in [0.5, 0.6) is 0 Å². The van der Waals surface area contributed by atoms with Gasteiger partial charge in [-0.3, -0.25) is 9.36 Å². The third kappa shape index (κ3) is 5.91. The Morgan fingerprint density at radius 3 is 2.31 bits per heavy atom. The van der Waals surface area contributed by atoms with Crippen LogP contribution in [-0.2, 0) is 9.53 Å². The first kappa shape index (κ1) is 25.3. The minimum atomic E-state index is -0.340. The summed E-state index contributed by atoms with van der Waals surface area (Å²) in [5, 5.41) is 10.2. The zero-order valence-electron chi connectivity index (χ0n) is 19.4. The summed E-state index contributed by atoms with van der Waals surface area (Å²) in [6.45, 7) is 5.96. The quantitative estimate of drug-likeness (QED) is 0.417. The van der Waals surface area contributed by atoms with Gasteiger partial charge in [0.1, 0.15) is 0 Å². The number of amides is 2. The van der Waals surface area contributed by atoms with Gasteiger partial charge in [-0.25, -0.2) is 4.79 Å². The van der Waals surface area contributed by atoms with Crippen LogP contribution in [0.1, 0.15) is 12.5 Å². The van der Waals surface area contributed by atoms with E-state index in [1.165, 1.54) is 11.8 Å². The first-order valence-corrected chi connectivity index (χ1v) is 12.9.